The Morgan fingerprint density at radius 1 is 1.04 bits per heavy atom. The normalized spacial score (nSPS) is 11.1. The largest absolute Gasteiger partial charge is 0.296 e. The van der Waals surface area contributed by atoms with Crippen LogP contribution in [-0.2, 0) is 0 Å². The second kappa shape index (κ2) is 5.81. The van der Waals surface area contributed by atoms with E-state index >= 15 is 0 Å². The van der Waals surface area contributed by atoms with E-state index < -0.39 is 5.91 Å². The minimum absolute atomic E-state index is 0.0727. The second-order valence-corrected chi connectivity index (χ2v) is 6.64. The summed E-state index contributed by atoms with van der Waals surface area (Å²) in [6.45, 7) is 1.99. The molecule has 4 aromatic rings. The van der Waals surface area contributed by atoms with E-state index in [1.807, 2.05) is 37.3 Å². The van der Waals surface area contributed by atoms with Crippen molar-refractivity contribution in [3.05, 3.63) is 58.9 Å². The average molecular weight is 355 g/mol. The van der Waals surface area contributed by atoms with Gasteiger partial charge in [-0.05, 0) is 30.7 Å². The molecule has 4 rings (SSSR count). The average Bonchev–Trinajstić information content (AvgIpc) is 2.98. The summed E-state index contributed by atoms with van der Waals surface area (Å²) in [5, 5.41) is 3.34. The highest BCUT2D eigenvalue weighted by Crippen LogP contribution is 2.28. The van der Waals surface area contributed by atoms with Crippen molar-refractivity contribution in [1.29, 1.82) is 0 Å². The lowest BCUT2D eigenvalue weighted by Crippen LogP contribution is -2.15. The van der Waals surface area contributed by atoms with Gasteiger partial charge in [0.05, 0.1) is 21.3 Å². The van der Waals surface area contributed by atoms with Crippen LogP contribution in [-0.4, -0.2) is 20.9 Å². The van der Waals surface area contributed by atoms with Crippen LogP contribution in [0.25, 0.3) is 21.3 Å². The first-order chi connectivity index (χ1) is 11.6. The molecule has 1 N–H and O–H groups in total. The number of carbonyl (C=O) groups excluding carboxylic acids is 1. The standard InChI is InChI=1S/C17H11ClN4OS/c1-9-5-4-8-12-13(9)21-17(24-12)22-16(23)14-15(18)20-11-7-3-2-6-10(11)19-14/h2-8H,1H3,(H,21,22,23). The summed E-state index contributed by atoms with van der Waals surface area (Å²) in [4.78, 5) is 25.5. The molecule has 5 nitrogen and oxygen atoms in total. The maximum absolute atomic E-state index is 12.5. The predicted octanol–water partition coefficient (Wildman–Crippen LogP) is 4.45. The zero-order valence-electron chi connectivity index (χ0n) is 12.6. The number of nitrogens with one attached hydrogen (secondary N) is 1. The first-order valence-electron chi connectivity index (χ1n) is 7.21. The van der Waals surface area contributed by atoms with Crippen LogP contribution in [0.3, 0.4) is 0 Å². The number of para-hydroxylation sites is 3. The van der Waals surface area contributed by atoms with Gasteiger partial charge in [-0.15, -0.1) is 0 Å². The molecule has 2 aromatic carbocycles. The van der Waals surface area contributed by atoms with Crippen molar-refractivity contribution < 1.29 is 4.79 Å². The van der Waals surface area contributed by atoms with Gasteiger partial charge in [-0.2, -0.15) is 0 Å². The van der Waals surface area contributed by atoms with Crippen LogP contribution in [0, 0.1) is 6.92 Å². The highest BCUT2D eigenvalue weighted by atomic mass is 35.5. The molecule has 0 saturated heterocycles. The summed E-state index contributed by atoms with van der Waals surface area (Å²) < 4.78 is 1.01. The number of benzene rings is 2. The van der Waals surface area contributed by atoms with Gasteiger partial charge in [0.2, 0.25) is 0 Å². The van der Waals surface area contributed by atoms with Crippen molar-refractivity contribution in [3.8, 4) is 0 Å². The summed E-state index contributed by atoms with van der Waals surface area (Å²) in [7, 11) is 0. The van der Waals surface area contributed by atoms with Crippen molar-refractivity contribution in [2.45, 2.75) is 6.92 Å². The number of thiazole rings is 1. The molecule has 2 heterocycles. The van der Waals surface area contributed by atoms with Crippen molar-refractivity contribution in [2.75, 3.05) is 5.32 Å². The Balaban J connectivity index is 1.70. The molecule has 0 atom stereocenters. The second-order valence-electron chi connectivity index (χ2n) is 5.25. The number of hydrogen-bond donors (Lipinski definition) is 1. The Hall–Kier alpha value is -2.57. The van der Waals surface area contributed by atoms with Gasteiger partial charge in [0.15, 0.2) is 16.0 Å². The van der Waals surface area contributed by atoms with E-state index in [9.17, 15) is 4.79 Å². The number of amides is 1. The Labute approximate surface area is 146 Å². The predicted molar refractivity (Wildman–Crippen MR) is 96.9 cm³/mol. The van der Waals surface area contributed by atoms with Crippen LogP contribution in [0.2, 0.25) is 5.15 Å². The molecule has 0 aliphatic heterocycles. The van der Waals surface area contributed by atoms with Crippen molar-refractivity contribution in [1.82, 2.24) is 15.0 Å². The fourth-order valence-corrected chi connectivity index (χ4v) is 3.58. The molecule has 24 heavy (non-hydrogen) atoms. The number of hydrogen-bond acceptors (Lipinski definition) is 5. The van der Waals surface area contributed by atoms with Crippen LogP contribution in [0.5, 0.6) is 0 Å². The topological polar surface area (TPSA) is 67.8 Å². The quantitative estimate of drug-likeness (QED) is 0.577. The number of aromatic nitrogens is 3. The van der Waals surface area contributed by atoms with Crippen LogP contribution in [0.4, 0.5) is 5.13 Å². The molecule has 0 saturated carbocycles. The van der Waals surface area contributed by atoms with Crippen LogP contribution in [0.1, 0.15) is 16.1 Å². The molecule has 0 fully saturated rings. The van der Waals surface area contributed by atoms with Crippen LogP contribution < -0.4 is 5.32 Å². The first-order valence-corrected chi connectivity index (χ1v) is 8.41. The molecule has 0 unspecified atom stereocenters. The zero-order valence-corrected chi connectivity index (χ0v) is 14.1. The van der Waals surface area contributed by atoms with Crippen molar-refractivity contribution in [3.63, 3.8) is 0 Å². The van der Waals surface area contributed by atoms with E-state index in [0.717, 1.165) is 15.8 Å². The third-order valence-electron chi connectivity index (χ3n) is 3.58. The summed E-state index contributed by atoms with van der Waals surface area (Å²) >= 11 is 7.53. The Morgan fingerprint density at radius 3 is 2.54 bits per heavy atom. The van der Waals surface area contributed by atoms with Crippen LogP contribution >= 0.6 is 22.9 Å². The Bertz CT molecular complexity index is 1090. The minimum atomic E-state index is -0.421. The van der Waals surface area contributed by atoms with Gasteiger partial charge in [-0.3, -0.25) is 10.1 Å². The van der Waals surface area contributed by atoms with Gasteiger partial charge in [0.1, 0.15) is 0 Å². The maximum atomic E-state index is 12.5. The van der Waals surface area contributed by atoms with Gasteiger partial charge in [0, 0.05) is 0 Å². The molecule has 0 spiro atoms. The molecule has 0 aliphatic carbocycles. The highest BCUT2D eigenvalue weighted by Gasteiger charge is 2.17. The number of carbonyl (C=O) groups is 1. The lowest BCUT2D eigenvalue weighted by atomic mass is 10.2. The van der Waals surface area contributed by atoms with Gasteiger partial charge >= 0.3 is 0 Å². The van der Waals surface area contributed by atoms with Crippen molar-refractivity contribution in [2.24, 2.45) is 0 Å². The smallest absolute Gasteiger partial charge is 0.279 e. The monoisotopic (exact) mass is 354 g/mol. The highest BCUT2D eigenvalue weighted by molar-refractivity contribution is 7.22. The maximum Gasteiger partial charge on any atom is 0.279 e. The van der Waals surface area contributed by atoms with Gasteiger partial charge in [-0.25, -0.2) is 15.0 Å². The summed E-state index contributed by atoms with van der Waals surface area (Å²) in [6, 6.07) is 13.2. The Kier molecular flexibility index (Phi) is 3.63. The Morgan fingerprint density at radius 2 is 1.79 bits per heavy atom. The van der Waals surface area contributed by atoms with Crippen molar-refractivity contribution >= 4 is 55.2 Å². The molecule has 0 aliphatic rings. The van der Waals surface area contributed by atoms with E-state index in [1.54, 1.807) is 12.1 Å². The molecular weight excluding hydrogens is 344 g/mol. The molecule has 118 valence electrons. The summed E-state index contributed by atoms with van der Waals surface area (Å²) in [5.41, 5.74) is 3.30. The number of anilines is 1. The fourth-order valence-electron chi connectivity index (χ4n) is 2.42. The molecule has 7 heteroatoms. The number of aryl methyl sites for hydroxylation is 1. The van der Waals surface area contributed by atoms with Gasteiger partial charge < -0.3 is 0 Å². The summed E-state index contributed by atoms with van der Waals surface area (Å²) in [6.07, 6.45) is 0. The van der Waals surface area contributed by atoms with Crippen LogP contribution in [0.15, 0.2) is 42.5 Å². The first kappa shape index (κ1) is 15.0. The fraction of sp³-hybridized carbons (Fsp3) is 0.0588. The molecule has 0 bridgehead atoms. The van der Waals surface area contributed by atoms with E-state index in [4.69, 9.17) is 11.6 Å². The van der Waals surface area contributed by atoms with E-state index in [1.165, 1.54) is 11.3 Å². The lowest BCUT2D eigenvalue weighted by Gasteiger charge is -2.04. The zero-order chi connectivity index (χ0) is 16.7. The molecule has 0 radical (unpaired) electrons. The molecule has 1 amide bonds. The minimum Gasteiger partial charge on any atom is -0.296 e. The SMILES string of the molecule is Cc1cccc2sc(NC(=O)c3nc4ccccc4nc3Cl)nc12. The number of fused-ring (bicyclic) bond motifs is 2. The van der Waals surface area contributed by atoms with Gasteiger partial charge in [0.25, 0.3) is 5.91 Å². The third-order valence-corrected chi connectivity index (χ3v) is 4.78. The number of rotatable bonds is 2. The molecular formula is C17H11ClN4OS. The van der Waals surface area contributed by atoms with E-state index in [-0.39, 0.29) is 10.8 Å². The lowest BCUT2D eigenvalue weighted by molar-refractivity contribution is 0.102. The number of halogens is 1. The molecule has 2 aromatic heterocycles. The van der Waals surface area contributed by atoms with E-state index in [0.29, 0.717) is 16.2 Å². The third kappa shape index (κ3) is 2.60. The van der Waals surface area contributed by atoms with Gasteiger partial charge in [-0.1, -0.05) is 47.2 Å². The number of nitrogens with zero attached hydrogens (tertiary/aromatic N) is 3. The van der Waals surface area contributed by atoms with E-state index in [2.05, 4.69) is 20.3 Å². The summed E-state index contributed by atoms with van der Waals surface area (Å²) in [5.74, 6) is -0.421.